The largest absolute Gasteiger partial charge is 0.394 e. The molecule has 0 aliphatic rings. The molecule has 5 heteroatoms. The predicted octanol–water partition coefficient (Wildman–Crippen LogP) is -1.54. The highest BCUT2D eigenvalue weighted by molar-refractivity contribution is 5.75. The van der Waals surface area contributed by atoms with Gasteiger partial charge >= 0.3 is 0 Å². The highest BCUT2D eigenvalue weighted by Crippen LogP contribution is 1.87. The van der Waals surface area contributed by atoms with Gasteiger partial charge in [0.15, 0.2) is 0 Å². The quantitative estimate of drug-likeness (QED) is 0.367. The summed E-state index contributed by atoms with van der Waals surface area (Å²) in [5.74, 6) is -0.0947. The van der Waals surface area contributed by atoms with Crippen LogP contribution in [0.25, 0.3) is 0 Å². The molecule has 0 bridgehead atoms. The number of nitrogens with one attached hydrogen (secondary N) is 2. The van der Waals surface area contributed by atoms with E-state index in [2.05, 4.69) is 10.6 Å². The first-order valence-electron chi connectivity index (χ1n) is 4.41. The molecule has 0 saturated heterocycles. The second-order valence-corrected chi connectivity index (χ2v) is 2.85. The molecule has 13 heavy (non-hydrogen) atoms. The van der Waals surface area contributed by atoms with E-state index in [9.17, 15) is 4.79 Å². The van der Waals surface area contributed by atoms with Crippen LogP contribution in [0.4, 0.5) is 0 Å². The fraction of sp³-hybridized carbons (Fsp3) is 0.875. The van der Waals surface area contributed by atoms with Crippen LogP contribution in [0.1, 0.15) is 12.8 Å². The van der Waals surface area contributed by atoms with Crippen molar-refractivity contribution in [3.8, 4) is 0 Å². The molecule has 0 radical (unpaired) electrons. The molecule has 0 aliphatic carbocycles. The van der Waals surface area contributed by atoms with Crippen molar-refractivity contribution in [3.63, 3.8) is 0 Å². The molecule has 0 aromatic rings. The van der Waals surface area contributed by atoms with E-state index in [0.29, 0.717) is 6.42 Å². The standard InChI is InChI=1S/C8H18N2O3/c1-9-4-2-3-8(13)10-5-7(12)6-11/h7,9,11-12H,2-6H2,1H3,(H,10,13). The molecule has 5 nitrogen and oxygen atoms in total. The number of aliphatic hydroxyl groups excluding tert-OH is 2. The summed E-state index contributed by atoms with van der Waals surface area (Å²) < 4.78 is 0. The summed E-state index contributed by atoms with van der Waals surface area (Å²) in [4.78, 5) is 11.0. The summed E-state index contributed by atoms with van der Waals surface area (Å²) in [6.45, 7) is 0.599. The summed E-state index contributed by atoms with van der Waals surface area (Å²) in [5.41, 5.74) is 0. The summed E-state index contributed by atoms with van der Waals surface area (Å²) in [5, 5.41) is 22.8. The van der Waals surface area contributed by atoms with Gasteiger partial charge in [0.2, 0.25) is 5.91 Å². The third kappa shape index (κ3) is 7.70. The lowest BCUT2D eigenvalue weighted by Crippen LogP contribution is -2.34. The minimum Gasteiger partial charge on any atom is -0.394 e. The molecule has 0 fully saturated rings. The Bertz CT molecular complexity index is 141. The van der Waals surface area contributed by atoms with E-state index in [1.165, 1.54) is 0 Å². The summed E-state index contributed by atoms with van der Waals surface area (Å²) in [7, 11) is 1.83. The van der Waals surface area contributed by atoms with Crippen LogP contribution in [0.15, 0.2) is 0 Å². The predicted molar refractivity (Wildman–Crippen MR) is 49.3 cm³/mol. The summed E-state index contributed by atoms with van der Waals surface area (Å²) in [6, 6.07) is 0. The monoisotopic (exact) mass is 190 g/mol. The van der Waals surface area contributed by atoms with Gasteiger partial charge < -0.3 is 20.8 Å². The molecule has 0 aliphatic heterocycles. The normalized spacial score (nSPS) is 12.5. The van der Waals surface area contributed by atoms with Crippen molar-refractivity contribution in [1.29, 1.82) is 0 Å². The minimum absolute atomic E-state index is 0.0947. The van der Waals surface area contributed by atoms with Crippen molar-refractivity contribution in [2.24, 2.45) is 0 Å². The van der Waals surface area contributed by atoms with Crippen LogP contribution in [0.2, 0.25) is 0 Å². The van der Waals surface area contributed by atoms with E-state index in [-0.39, 0.29) is 19.1 Å². The van der Waals surface area contributed by atoms with Crippen molar-refractivity contribution in [1.82, 2.24) is 10.6 Å². The lowest BCUT2D eigenvalue weighted by molar-refractivity contribution is -0.121. The zero-order valence-corrected chi connectivity index (χ0v) is 7.92. The van der Waals surface area contributed by atoms with Crippen LogP contribution in [-0.4, -0.2) is 49.0 Å². The Morgan fingerprint density at radius 3 is 2.77 bits per heavy atom. The van der Waals surface area contributed by atoms with Crippen LogP contribution in [0.3, 0.4) is 0 Å². The Kier molecular flexibility index (Phi) is 7.57. The molecule has 1 atom stereocenters. The van der Waals surface area contributed by atoms with Gasteiger partial charge in [-0.2, -0.15) is 0 Å². The second kappa shape index (κ2) is 7.97. The molecule has 0 saturated carbocycles. The minimum atomic E-state index is -0.853. The maximum Gasteiger partial charge on any atom is 0.220 e. The molecular weight excluding hydrogens is 172 g/mol. The third-order valence-corrected chi connectivity index (χ3v) is 1.58. The Hall–Kier alpha value is -0.650. The fourth-order valence-corrected chi connectivity index (χ4v) is 0.810. The van der Waals surface area contributed by atoms with Crippen LogP contribution >= 0.6 is 0 Å². The second-order valence-electron chi connectivity index (χ2n) is 2.85. The average Bonchev–Trinajstić information content (AvgIpc) is 2.14. The number of aliphatic hydroxyl groups is 2. The maximum absolute atomic E-state index is 11.0. The van der Waals surface area contributed by atoms with Crippen LogP contribution in [-0.2, 0) is 4.79 Å². The topological polar surface area (TPSA) is 81.6 Å². The smallest absolute Gasteiger partial charge is 0.220 e. The fourth-order valence-electron chi connectivity index (χ4n) is 0.810. The lowest BCUT2D eigenvalue weighted by Gasteiger charge is -2.08. The zero-order chi connectivity index (χ0) is 10.1. The number of carbonyl (C=O) groups excluding carboxylic acids is 1. The van der Waals surface area contributed by atoms with E-state index in [0.717, 1.165) is 13.0 Å². The van der Waals surface area contributed by atoms with Crippen molar-refractivity contribution >= 4 is 5.91 Å². The van der Waals surface area contributed by atoms with Gasteiger partial charge in [0, 0.05) is 13.0 Å². The zero-order valence-electron chi connectivity index (χ0n) is 7.92. The number of hydrogen-bond donors (Lipinski definition) is 4. The van der Waals surface area contributed by atoms with Crippen molar-refractivity contribution in [3.05, 3.63) is 0 Å². The highest BCUT2D eigenvalue weighted by atomic mass is 16.3. The van der Waals surface area contributed by atoms with E-state index >= 15 is 0 Å². The SMILES string of the molecule is CNCCCC(=O)NCC(O)CO. The van der Waals surface area contributed by atoms with E-state index in [4.69, 9.17) is 10.2 Å². The van der Waals surface area contributed by atoms with E-state index in [1.54, 1.807) is 0 Å². The Morgan fingerprint density at radius 1 is 1.54 bits per heavy atom. The molecule has 0 spiro atoms. The molecule has 0 rings (SSSR count). The molecule has 0 heterocycles. The Balaban J connectivity index is 3.30. The first-order chi connectivity index (χ1) is 6.20. The van der Waals surface area contributed by atoms with Crippen molar-refractivity contribution < 1.29 is 15.0 Å². The molecule has 0 aromatic carbocycles. The van der Waals surface area contributed by atoms with E-state index < -0.39 is 6.10 Å². The number of amides is 1. The number of rotatable bonds is 7. The third-order valence-electron chi connectivity index (χ3n) is 1.58. The van der Waals surface area contributed by atoms with Gasteiger partial charge in [-0.1, -0.05) is 0 Å². The van der Waals surface area contributed by atoms with Gasteiger partial charge in [0.05, 0.1) is 12.7 Å². The first kappa shape index (κ1) is 12.3. The van der Waals surface area contributed by atoms with Gasteiger partial charge in [-0.15, -0.1) is 0 Å². The molecule has 0 aromatic heterocycles. The Labute approximate surface area is 78.1 Å². The van der Waals surface area contributed by atoms with Crippen LogP contribution < -0.4 is 10.6 Å². The van der Waals surface area contributed by atoms with E-state index in [1.807, 2.05) is 7.05 Å². The number of carbonyl (C=O) groups is 1. The summed E-state index contributed by atoms with van der Waals surface area (Å²) in [6.07, 6.45) is 0.365. The van der Waals surface area contributed by atoms with Gasteiger partial charge in [-0.25, -0.2) is 0 Å². The van der Waals surface area contributed by atoms with Gasteiger partial charge in [-0.05, 0) is 20.0 Å². The highest BCUT2D eigenvalue weighted by Gasteiger charge is 2.04. The van der Waals surface area contributed by atoms with Crippen LogP contribution in [0.5, 0.6) is 0 Å². The average molecular weight is 190 g/mol. The first-order valence-corrected chi connectivity index (χ1v) is 4.41. The molecule has 78 valence electrons. The number of hydrogen-bond acceptors (Lipinski definition) is 4. The lowest BCUT2D eigenvalue weighted by atomic mass is 10.3. The van der Waals surface area contributed by atoms with Crippen molar-refractivity contribution in [2.45, 2.75) is 18.9 Å². The molecule has 1 unspecified atom stereocenters. The van der Waals surface area contributed by atoms with Gasteiger partial charge in [0.1, 0.15) is 0 Å². The maximum atomic E-state index is 11.0. The van der Waals surface area contributed by atoms with Gasteiger partial charge in [0.25, 0.3) is 0 Å². The summed E-state index contributed by atoms with van der Waals surface area (Å²) >= 11 is 0. The molecule has 1 amide bonds. The van der Waals surface area contributed by atoms with Crippen LogP contribution in [0, 0.1) is 0 Å². The molecular formula is C8H18N2O3. The molecule has 4 N–H and O–H groups in total. The Morgan fingerprint density at radius 2 is 2.23 bits per heavy atom. The van der Waals surface area contributed by atoms with Crippen molar-refractivity contribution in [2.75, 3.05) is 26.7 Å². The van der Waals surface area contributed by atoms with Gasteiger partial charge in [-0.3, -0.25) is 4.79 Å².